The third-order valence-corrected chi connectivity index (χ3v) is 6.13. The normalized spacial score (nSPS) is 11.2. The van der Waals surface area contributed by atoms with Crippen molar-refractivity contribution in [2.75, 3.05) is 11.8 Å². The topological polar surface area (TPSA) is 81.4 Å². The summed E-state index contributed by atoms with van der Waals surface area (Å²) >= 11 is 0. The SMILES string of the molecule is COc1ccc(-c2ccc(Cc3ccccc3)c(S(=O)(=O)Nc3cocn3)c2)cc1. The summed E-state index contributed by atoms with van der Waals surface area (Å²) in [7, 11) is -2.27. The number of benzene rings is 3. The van der Waals surface area contributed by atoms with Crippen LogP contribution < -0.4 is 9.46 Å². The molecule has 0 spiro atoms. The van der Waals surface area contributed by atoms with Crippen molar-refractivity contribution in [3.63, 3.8) is 0 Å². The monoisotopic (exact) mass is 420 g/mol. The van der Waals surface area contributed by atoms with Crippen LogP contribution in [-0.4, -0.2) is 20.5 Å². The van der Waals surface area contributed by atoms with Crippen LogP contribution in [0.25, 0.3) is 11.1 Å². The van der Waals surface area contributed by atoms with E-state index in [1.807, 2.05) is 66.7 Å². The Hall–Kier alpha value is -3.58. The lowest BCUT2D eigenvalue weighted by molar-refractivity contribution is 0.415. The second-order valence-corrected chi connectivity index (χ2v) is 8.34. The summed E-state index contributed by atoms with van der Waals surface area (Å²) in [6, 6.07) is 22.7. The van der Waals surface area contributed by atoms with Crippen molar-refractivity contribution < 1.29 is 17.6 Å². The first kappa shape index (κ1) is 19.7. The van der Waals surface area contributed by atoms with Gasteiger partial charge in [-0.2, -0.15) is 4.98 Å². The average molecular weight is 420 g/mol. The zero-order valence-electron chi connectivity index (χ0n) is 16.3. The highest BCUT2D eigenvalue weighted by Crippen LogP contribution is 2.29. The Morgan fingerprint density at radius 3 is 2.37 bits per heavy atom. The van der Waals surface area contributed by atoms with Crippen LogP contribution >= 0.6 is 0 Å². The fraction of sp³-hybridized carbons (Fsp3) is 0.0870. The summed E-state index contributed by atoms with van der Waals surface area (Å²) in [5.74, 6) is 0.871. The first-order valence-electron chi connectivity index (χ1n) is 9.27. The number of aromatic nitrogens is 1. The van der Waals surface area contributed by atoms with E-state index in [1.165, 1.54) is 12.7 Å². The van der Waals surface area contributed by atoms with Gasteiger partial charge in [-0.3, -0.25) is 4.72 Å². The highest BCUT2D eigenvalue weighted by Gasteiger charge is 2.21. The number of oxazole rings is 1. The van der Waals surface area contributed by atoms with E-state index < -0.39 is 10.0 Å². The molecule has 0 unspecified atom stereocenters. The molecule has 0 saturated heterocycles. The Morgan fingerprint density at radius 1 is 0.967 bits per heavy atom. The Morgan fingerprint density at radius 2 is 1.70 bits per heavy atom. The number of rotatable bonds is 7. The van der Waals surface area contributed by atoms with Gasteiger partial charge >= 0.3 is 0 Å². The van der Waals surface area contributed by atoms with Gasteiger partial charge in [0.25, 0.3) is 10.0 Å². The summed E-state index contributed by atoms with van der Waals surface area (Å²) < 4.78 is 38.9. The molecule has 0 aliphatic carbocycles. The van der Waals surface area contributed by atoms with Crippen molar-refractivity contribution in [1.29, 1.82) is 0 Å². The van der Waals surface area contributed by atoms with E-state index in [0.29, 0.717) is 12.0 Å². The Labute approximate surface area is 175 Å². The molecule has 1 aromatic heterocycles. The minimum atomic E-state index is -3.87. The highest BCUT2D eigenvalue weighted by molar-refractivity contribution is 7.92. The molecule has 0 atom stereocenters. The van der Waals surface area contributed by atoms with Gasteiger partial charge in [0.2, 0.25) is 0 Å². The smallest absolute Gasteiger partial charge is 0.263 e. The third-order valence-electron chi connectivity index (χ3n) is 4.69. The molecule has 0 fully saturated rings. The van der Waals surface area contributed by atoms with E-state index in [-0.39, 0.29) is 10.7 Å². The molecule has 1 heterocycles. The fourth-order valence-corrected chi connectivity index (χ4v) is 4.44. The van der Waals surface area contributed by atoms with Crippen LogP contribution in [0.3, 0.4) is 0 Å². The number of sulfonamides is 1. The molecule has 0 aliphatic heterocycles. The van der Waals surface area contributed by atoms with E-state index in [1.54, 1.807) is 13.2 Å². The molecule has 0 amide bonds. The van der Waals surface area contributed by atoms with Crippen molar-refractivity contribution in [3.8, 4) is 16.9 Å². The lowest BCUT2D eigenvalue weighted by atomic mass is 10.00. The van der Waals surface area contributed by atoms with Gasteiger partial charge in [0.1, 0.15) is 12.0 Å². The number of methoxy groups -OCH3 is 1. The summed E-state index contributed by atoms with van der Waals surface area (Å²) in [6.45, 7) is 0. The van der Waals surface area contributed by atoms with Crippen LogP contribution in [0, 0.1) is 0 Å². The van der Waals surface area contributed by atoms with E-state index in [0.717, 1.165) is 22.4 Å². The zero-order valence-corrected chi connectivity index (χ0v) is 17.1. The standard InChI is InChI=1S/C23H20N2O4S/c1-28-21-11-9-18(10-12-21)19-7-8-20(13-17-5-3-2-4-6-17)22(14-19)30(26,27)25-23-15-29-16-24-23/h2-12,14-16,25H,13H2,1H3. The molecule has 152 valence electrons. The van der Waals surface area contributed by atoms with E-state index in [2.05, 4.69) is 9.71 Å². The number of hydrogen-bond donors (Lipinski definition) is 1. The molecule has 6 nitrogen and oxygen atoms in total. The van der Waals surface area contributed by atoms with Crippen molar-refractivity contribution in [2.45, 2.75) is 11.3 Å². The van der Waals surface area contributed by atoms with Gasteiger partial charge in [0.05, 0.1) is 12.0 Å². The van der Waals surface area contributed by atoms with Gasteiger partial charge in [-0.25, -0.2) is 8.42 Å². The Kier molecular flexibility index (Phi) is 5.54. The van der Waals surface area contributed by atoms with Crippen molar-refractivity contribution in [1.82, 2.24) is 4.98 Å². The maximum Gasteiger partial charge on any atom is 0.263 e. The predicted molar refractivity (Wildman–Crippen MR) is 115 cm³/mol. The Bertz CT molecular complexity index is 1220. The molecular weight excluding hydrogens is 400 g/mol. The zero-order chi connectivity index (χ0) is 21.0. The molecule has 30 heavy (non-hydrogen) atoms. The second-order valence-electron chi connectivity index (χ2n) is 6.69. The predicted octanol–water partition coefficient (Wildman–Crippen LogP) is 4.74. The van der Waals surface area contributed by atoms with Gasteiger partial charge in [0.15, 0.2) is 12.2 Å². The lowest BCUT2D eigenvalue weighted by Gasteiger charge is -2.14. The molecule has 0 bridgehead atoms. The molecule has 1 N–H and O–H groups in total. The minimum absolute atomic E-state index is 0.135. The molecule has 3 aromatic carbocycles. The van der Waals surface area contributed by atoms with Crippen LogP contribution in [-0.2, 0) is 16.4 Å². The first-order valence-corrected chi connectivity index (χ1v) is 10.8. The van der Waals surface area contributed by atoms with Gasteiger partial charge in [-0.15, -0.1) is 0 Å². The van der Waals surface area contributed by atoms with Crippen LogP contribution in [0.5, 0.6) is 5.75 Å². The van der Waals surface area contributed by atoms with Gasteiger partial charge in [-0.05, 0) is 46.9 Å². The number of hydrogen-bond acceptors (Lipinski definition) is 5. The van der Waals surface area contributed by atoms with Crippen molar-refractivity contribution in [3.05, 3.63) is 96.6 Å². The quantitative estimate of drug-likeness (QED) is 0.467. The first-order chi connectivity index (χ1) is 14.5. The second kappa shape index (κ2) is 8.42. The number of ether oxygens (including phenoxy) is 1. The molecule has 0 aliphatic rings. The van der Waals surface area contributed by atoms with E-state index in [4.69, 9.17) is 9.15 Å². The van der Waals surface area contributed by atoms with E-state index >= 15 is 0 Å². The fourth-order valence-electron chi connectivity index (χ4n) is 3.19. The van der Waals surface area contributed by atoms with Crippen molar-refractivity contribution >= 4 is 15.8 Å². The number of nitrogens with one attached hydrogen (secondary N) is 1. The molecule has 0 radical (unpaired) electrons. The number of nitrogens with zero attached hydrogens (tertiary/aromatic N) is 1. The van der Waals surface area contributed by atoms with Gasteiger partial charge < -0.3 is 9.15 Å². The summed E-state index contributed by atoms with van der Waals surface area (Å²) in [5, 5.41) is 0. The average Bonchev–Trinajstić information content (AvgIpc) is 3.27. The summed E-state index contributed by atoms with van der Waals surface area (Å²) in [5.41, 5.74) is 3.39. The van der Waals surface area contributed by atoms with Crippen molar-refractivity contribution in [2.24, 2.45) is 0 Å². The van der Waals surface area contributed by atoms with Crippen LogP contribution in [0.4, 0.5) is 5.82 Å². The summed E-state index contributed by atoms with van der Waals surface area (Å²) in [4.78, 5) is 4.07. The van der Waals surface area contributed by atoms with Crippen LogP contribution in [0.15, 0.2) is 94.8 Å². The maximum absolute atomic E-state index is 13.2. The number of anilines is 1. The van der Waals surface area contributed by atoms with Gasteiger partial charge in [-0.1, -0.05) is 54.6 Å². The lowest BCUT2D eigenvalue weighted by Crippen LogP contribution is -2.15. The third kappa shape index (κ3) is 4.36. The van der Waals surface area contributed by atoms with E-state index in [9.17, 15) is 8.42 Å². The molecule has 4 aromatic rings. The Balaban J connectivity index is 1.77. The molecular formula is C23H20N2O4S. The van der Waals surface area contributed by atoms with Crippen LogP contribution in [0.2, 0.25) is 0 Å². The molecule has 4 rings (SSSR count). The minimum Gasteiger partial charge on any atom is -0.497 e. The molecule has 0 saturated carbocycles. The largest absolute Gasteiger partial charge is 0.497 e. The molecule has 7 heteroatoms. The summed E-state index contributed by atoms with van der Waals surface area (Å²) in [6.07, 6.45) is 2.91. The van der Waals surface area contributed by atoms with Gasteiger partial charge in [0, 0.05) is 0 Å². The van der Waals surface area contributed by atoms with Crippen LogP contribution in [0.1, 0.15) is 11.1 Å². The highest BCUT2D eigenvalue weighted by atomic mass is 32.2. The maximum atomic E-state index is 13.2.